The van der Waals surface area contributed by atoms with Crippen LogP contribution in [0.25, 0.3) is 0 Å². The van der Waals surface area contributed by atoms with E-state index < -0.39 is 0 Å². The van der Waals surface area contributed by atoms with E-state index in [0.717, 1.165) is 45.2 Å². The van der Waals surface area contributed by atoms with Crippen molar-refractivity contribution in [3.8, 4) is 0 Å². The minimum atomic E-state index is -0.234. The number of rotatable bonds is 3. The molecular weight excluding hydrogens is 260 g/mol. The van der Waals surface area contributed by atoms with E-state index in [4.69, 9.17) is 5.73 Å². The van der Waals surface area contributed by atoms with Crippen molar-refractivity contribution < 1.29 is 4.79 Å². The lowest BCUT2D eigenvalue weighted by molar-refractivity contribution is -0.142. The van der Waals surface area contributed by atoms with Crippen molar-refractivity contribution in [2.75, 3.05) is 13.1 Å². The third kappa shape index (κ3) is 2.59. The summed E-state index contributed by atoms with van der Waals surface area (Å²) in [6.07, 6.45) is 5.27. The second-order valence-corrected chi connectivity index (χ2v) is 6.79. The zero-order chi connectivity index (χ0) is 14.9. The molecule has 3 heteroatoms. The number of likely N-dealkylation sites (tertiary alicyclic amines) is 1. The molecule has 2 N–H and O–H groups in total. The van der Waals surface area contributed by atoms with Crippen molar-refractivity contribution >= 4 is 5.91 Å². The van der Waals surface area contributed by atoms with E-state index in [1.165, 1.54) is 5.56 Å². The third-order valence-corrected chi connectivity index (χ3v) is 5.51. The van der Waals surface area contributed by atoms with Crippen molar-refractivity contribution in [1.29, 1.82) is 0 Å². The molecule has 0 radical (unpaired) electrons. The van der Waals surface area contributed by atoms with Crippen LogP contribution in [-0.4, -0.2) is 29.9 Å². The molecule has 1 aromatic rings. The lowest BCUT2D eigenvalue weighted by Crippen LogP contribution is -2.53. The van der Waals surface area contributed by atoms with Gasteiger partial charge >= 0.3 is 0 Å². The van der Waals surface area contributed by atoms with Gasteiger partial charge in [0.15, 0.2) is 0 Å². The summed E-state index contributed by atoms with van der Waals surface area (Å²) in [4.78, 5) is 15.2. The summed E-state index contributed by atoms with van der Waals surface area (Å²) in [6.45, 7) is 3.83. The Balaban J connectivity index is 1.73. The third-order valence-electron chi connectivity index (χ3n) is 5.51. The SMILES string of the molecule is CC(N)C1CCN(C(=O)C2(c3ccccc3)CCC2)CC1. The van der Waals surface area contributed by atoms with E-state index in [1.807, 2.05) is 18.2 Å². The number of nitrogens with two attached hydrogens (primary N) is 1. The van der Waals surface area contributed by atoms with Crippen LogP contribution in [0.3, 0.4) is 0 Å². The summed E-state index contributed by atoms with van der Waals surface area (Å²) in [6, 6.07) is 10.6. The molecule has 3 rings (SSSR count). The fraction of sp³-hybridized carbons (Fsp3) is 0.611. The van der Waals surface area contributed by atoms with Crippen molar-refractivity contribution in [2.45, 2.75) is 50.5 Å². The zero-order valence-electron chi connectivity index (χ0n) is 12.9. The van der Waals surface area contributed by atoms with Crippen LogP contribution >= 0.6 is 0 Å². The van der Waals surface area contributed by atoms with Crippen molar-refractivity contribution in [2.24, 2.45) is 11.7 Å². The van der Waals surface area contributed by atoms with E-state index in [0.29, 0.717) is 11.8 Å². The molecule has 0 spiro atoms. The van der Waals surface area contributed by atoms with Crippen LogP contribution in [0, 0.1) is 5.92 Å². The van der Waals surface area contributed by atoms with Gasteiger partial charge in [0.05, 0.1) is 5.41 Å². The lowest BCUT2D eigenvalue weighted by Gasteiger charge is -2.46. The first-order valence-electron chi connectivity index (χ1n) is 8.24. The number of hydrogen-bond acceptors (Lipinski definition) is 2. The number of nitrogens with zero attached hydrogens (tertiary/aromatic N) is 1. The molecule has 21 heavy (non-hydrogen) atoms. The Morgan fingerprint density at radius 3 is 2.33 bits per heavy atom. The molecule has 1 amide bonds. The van der Waals surface area contributed by atoms with E-state index in [1.54, 1.807) is 0 Å². The monoisotopic (exact) mass is 286 g/mol. The van der Waals surface area contributed by atoms with Crippen LogP contribution in [0.5, 0.6) is 0 Å². The molecule has 1 aromatic carbocycles. The smallest absolute Gasteiger partial charge is 0.233 e. The fourth-order valence-electron chi connectivity index (χ4n) is 3.84. The number of piperidine rings is 1. The van der Waals surface area contributed by atoms with Crippen LogP contribution in [0.15, 0.2) is 30.3 Å². The molecular formula is C18H26N2O. The molecule has 0 bridgehead atoms. The van der Waals surface area contributed by atoms with E-state index >= 15 is 0 Å². The number of amides is 1. The highest BCUT2D eigenvalue weighted by Crippen LogP contribution is 2.45. The van der Waals surface area contributed by atoms with Gasteiger partial charge in [0.25, 0.3) is 0 Å². The van der Waals surface area contributed by atoms with E-state index in [-0.39, 0.29) is 11.5 Å². The first-order valence-corrected chi connectivity index (χ1v) is 8.24. The molecule has 1 aliphatic heterocycles. The van der Waals surface area contributed by atoms with Crippen LogP contribution in [-0.2, 0) is 10.2 Å². The van der Waals surface area contributed by atoms with Gasteiger partial charge in [-0.1, -0.05) is 36.8 Å². The van der Waals surface area contributed by atoms with Gasteiger partial charge in [0.1, 0.15) is 0 Å². The number of hydrogen-bond donors (Lipinski definition) is 1. The topological polar surface area (TPSA) is 46.3 Å². The highest BCUT2D eigenvalue weighted by atomic mass is 16.2. The molecule has 1 saturated heterocycles. The fourth-order valence-corrected chi connectivity index (χ4v) is 3.84. The Labute approximate surface area is 127 Å². The van der Waals surface area contributed by atoms with Gasteiger partial charge in [0, 0.05) is 19.1 Å². The number of benzene rings is 1. The van der Waals surface area contributed by atoms with Crippen LogP contribution in [0.2, 0.25) is 0 Å². The Morgan fingerprint density at radius 1 is 1.24 bits per heavy atom. The maximum Gasteiger partial charge on any atom is 0.233 e. The quantitative estimate of drug-likeness (QED) is 0.928. The largest absolute Gasteiger partial charge is 0.342 e. The molecule has 1 atom stereocenters. The summed E-state index contributed by atoms with van der Waals surface area (Å²) in [5, 5.41) is 0. The Kier molecular flexibility index (Phi) is 4.03. The average molecular weight is 286 g/mol. The Morgan fingerprint density at radius 2 is 1.86 bits per heavy atom. The average Bonchev–Trinajstić information content (AvgIpc) is 2.47. The molecule has 0 aromatic heterocycles. The van der Waals surface area contributed by atoms with Crippen molar-refractivity contribution in [3.63, 3.8) is 0 Å². The molecule has 1 heterocycles. The Hall–Kier alpha value is -1.35. The van der Waals surface area contributed by atoms with Crippen molar-refractivity contribution in [1.82, 2.24) is 4.90 Å². The first-order chi connectivity index (χ1) is 10.1. The summed E-state index contributed by atoms with van der Waals surface area (Å²) in [5.41, 5.74) is 6.97. The first kappa shape index (κ1) is 14.6. The summed E-state index contributed by atoms with van der Waals surface area (Å²) in [7, 11) is 0. The van der Waals surface area contributed by atoms with Gasteiger partial charge in [-0.25, -0.2) is 0 Å². The standard InChI is InChI=1S/C18H26N2O/c1-14(19)15-8-12-20(13-9-15)17(21)18(10-5-11-18)16-6-3-2-4-7-16/h2-4,6-7,14-15H,5,8-13,19H2,1H3. The molecule has 3 nitrogen and oxygen atoms in total. The van der Waals surface area contributed by atoms with Crippen LogP contribution < -0.4 is 5.73 Å². The highest BCUT2D eigenvalue weighted by molar-refractivity contribution is 5.89. The van der Waals surface area contributed by atoms with Gasteiger partial charge in [-0.3, -0.25) is 4.79 Å². The minimum Gasteiger partial charge on any atom is -0.342 e. The van der Waals surface area contributed by atoms with Gasteiger partial charge < -0.3 is 10.6 Å². The predicted octanol–water partition coefficient (Wildman–Crippen LogP) is 2.69. The maximum absolute atomic E-state index is 13.1. The molecule has 2 aliphatic rings. The van der Waals surface area contributed by atoms with Crippen LogP contribution in [0.1, 0.15) is 44.6 Å². The van der Waals surface area contributed by atoms with Crippen molar-refractivity contribution in [3.05, 3.63) is 35.9 Å². The number of carbonyl (C=O) groups excluding carboxylic acids is 1. The summed E-state index contributed by atoms with van der Waals surface area (Å²) in [5.74, 6) is 0.922. The second kappa shape index (κ2) is 5.80. The lowest BCUT2D eigenvalue weighted by atomic mass is 9.63. The van der Waals surface area contributed by atoms with E-state index in [2.05, 4.69) is 24.0 Å². The second-order valence-electron chi connectivity index (χ2n) is 6.79. The number of carbonyl (C=O) groups is 1. The molecule has 1 unspecified atom stereocenters. The normalized spacial score (nSPS) is 23.4. The summed E-state index contributed by atoms with van der Waals surface area (Å²) < 4.78 is 0. The predicted molar refractivity (Wildman–Crippen MR) is 84.9 cm³/mol. The zero-order valence-corrected chi connectivity index (χ0v) is 12.9. The molecule has 2 fully saturated rings. The molecule has 1 saturated carbocycles. The van der Waals surface area contributed by atoms with Gasteiger partial charge in [-0.2, -0.15) is 0 Å². The minimum absolute atomic E-state index is 0.234. The summed E-state index contributed by atoms with van der Waals surface area (Å²) >= 11 is 0. The maximum atomic E-state index is 13.1. The molecule has 1 aliphatic carbocycles. The van der Waals surface area contributed by atoms with Gasteiger partial charge in [-0.05, 0) is 44.1 Å². The Bertz CT molecular complexity index is 485. The van der Waals surface area contributed by atoms with E-state index in [9.17, 15) is 4.79 Å². The molecule has 114 valence electrons. The van der Waals surface area contributed by atoms with Gasteiger partial charge in [-0.15, -0.1) is 0 Å². The van der Waals surface area contributed by atoms with Gasteiger partial charge in [0.2, 0.25) is 5.91 Å². The van der Waals surface area contributed by atoms with Crippen LogP contribution in [0.4, 0.5) is 0 Å². The highest BCUT2D eigenvalue weighted by Gasteiger charge is 2.47.